The first-order valence-corrected chi connectivity index (χ1v) is 8.49. The molecule has 0 N–H and O–H groups in total. The van der Waals surface area contributed by atoms with E-state index in [0.717, 1.165) is 20.7 Å². The van der Waals surface area contributed by atoms with Crippen LogP contribution in [0.4, 0.5) is 0 Å². The summed E-state index contributed by atoms with van der Waals surface area (Å²) in [6.07, 6.45) is 11.9. The van der Waals surface area contributed by atoms with E-state index in [2.05, 4.69) is 74.3 Å². The van der Waals surface area contributed by atoms with Gasteiger partial charge in [-0.05, 0) is 37.5 Å². The minimum Gasteiger partial charge on any atom is -0.272 e. The van der Waals surface area contributed by atoms with Gasteiger partial charge in [0.25, 0.3) is 0 Å². The molecule has 1 nitrogen and oxygen atoms in total. The molecule has 1 aliphatic carbocycles. The van der Waals surface area contributed by atoms with Crippen molar-refractivity contribution in [2.75, 3.05) is 0 Å². The van der Waals surface area contributed by atoms with Crippen molar-refractivity contribution in [1.82, 2.24) is 0 Å². The topological polar surface area (TPSA) is 12.4 Å². The van der Waals surface area contributed by atoms with Gasteiger partial charge in [-0.1, -0.05) is 74.1 Å². The second-order valence-corrected chi connectivity index (χ2v) is 6.75. The Hall–Kier alpha value is -1.72. The van der Waals surface area contributed by atoms with Crippen LogP contribution in [0.1, 0.15) is 30.3 Å². The highest BCUT2D eigenvalue weighted by atomic mass is 31.1. The van der Waals surface area contributed by atoms with Crippen LogP contribution in [0.3, 0.4) is 0 Å². The third kappa shape index (κ3) is 3.49. The Morgan fingerprint density at radius 3 is 2.67 bits per heavy atom. The molecule has 0 amide bonds. The lowest BCUT2D eigenvalue weighted by Gasteiger charge is -2.18. The summed E-state index contributed by atoms with van der Waals surface area (Å²) >= 11 is 0. The van der Waals surface area contributed by atoms with Crippen LogP contribution < -0.4 is 0 Å². The Bertz CT molecular complexity index is 672. The molecule has 0 aromatic heterocycles. The molecule has 0 spiro atoms. The van der Waals surface area contributed by atoms with Gasteiger partial charge in [0.1, 0.15) is 0 Å². The average molecular weight is 293 g/mol. The monoisotopic (exact) mass is 293 g/mol. The maximum atomic E-state index is 4.98. The minimum absolute atomic E-state index is 0.281. The molecular formula is C19H20NP. The highest BCUT2D eigenvalue weighted by Crippen LogP contribution is 2.40. The van der Waals surface area contributed by atoms with Crippen molar-refractivity contribution in [2.45, 2.75) is 26.1 Å². The Kier molecular flexibility index (Phi) is 4.31. The number of aliphatic imine (C=N–C) groups is 1. The van der Waals surface area contributed by atoms with Crippen LogP contribution in [0.2, 0.25) is 0 Å². The average Bonchev–Trinajstić information content (AvgIpc) is 2.73. The predicted molar refractivity (Wildman–Crippen MR) is 94.4 cm³/mol. The predicted octanol–water partition coefficient (Wildman–Crippen LogP) is 5.47. The van der Waals surface area contributed by atoms with Crippen LogP contribution in [0.25, 0.3) is 0 Å². The summed E-state index contributed by atoms with van der Waals surface area (Å²) in [5.41, 5.74) is 6.35. The molecule has 2 unspecified atom stereocenters. The smallest absolute Gasteiger partial charge is 0.0954 e. The van der Waals surface area contributed by atoms with Crippen molar-refractivity contribution in [3.05, 3.63) is 82.7 Å². The van der Waals surface area contributed by atoms with Crippen LogP contribution in [-0.4, -0.2) is 5.71 Å². The largest absolute Gasteiger partial charge is 0.272 e. The van der Waals surface area contributed by atoms with Crippen LogP contribution in [-0.2, 0) is 0 Å². The van der Waals surface area contributed by atoms with Crippen LogP contribution >= 0.6 is 8.58 Å². The molecule has 0 bridgehead atoms. The third-order valence-corrected chi connectivity index (χ3v) is 4.89. The fraction of sp³-hybridized carbons (Fsp3) is 0.211. The molecule has 1 aliphatic heterocycles. The lowest BCUT2D eigenvalue weighted by molar-refractivity contribution is 1.02. The van der Waals surface area contributed by atoms with Crippen LogP contribution in [0, 0.1) is 6.92 Å². The zero-order valence-electron chi connectivity index (χ0n) is 12.5. The first kappa shape index (κ1) is 14.2. The van der Waals surface area contributed by atoms with Gasteiger partial charge in [-0.15, -0.1) is 0 Å². The number of rotatable bonds is 2. The van der Waals surface area contributed by atoms with E-state index in [4.69, 9.17) is 4.99 Å². The fourth-order valence-electron chi connectivity index (χ4n) is 2.46. The normalized spacial score (nSPS) is 22.6. The van der Waals surface area contributed by atoms with Gasteiger partial charge in [0, 0.05) is 0 Å². The van der Waals surface area contributed by atoms with Gasteiger partial charge in [-0.3, -0.25) is 4.99 Å². The summed E-state index contributed by atoms with van der Waals surface area (Å²) < 4.78 is 0. The second-order valence-electron chi connectivity index (χ2n) is 5.54. The Balaban J connectivity index is 1.87. The van der Waals surface area contributed by atoms with Crippen molar-refractivity contribution < 1.29 is 0 Å². The summed E-state index contributed by atoms with van der Waals surface area (Å²) in [4.78, 5) is 4.98. The van der Waals surface area contributed by atoms with Crippen molar-refractivity contribution >= 4 is 14.3 Å². The highest BCUT2D eigenvalue weighted by molar-refractivity contribution is 7.42. The number of allylic oxidation sites excluding steroid dienone is 7. The zero-order valence-corrected chi connectivity index (χ0v) is 13.5. The van der Waals surface area contributed by atoms with Gasteiger partial charge in [0.2, 0.25) is 0 Å². The molecular weight excluding hydrogens is 273 g/mol. The molecule has 0 saturated carbocycles. The number of benzene rings is 1. The molecule has 1 aromatic carbocycles. The van der Waals surface area contributed by atoms with Crippen LogP contribution in [0.5, 0.6) is 0 Å². The molecule has 1 aromatic rings. The molecule has 2 aliphatic rings. The molecule has 0 saturated heterocycles. The van der Waals surface area contributed by atoms with E-state index in [1.54, 1.807) is 0 Å². The van der Waals surface area contributed by atoms with Gasteiger partial charge in [-0.25, -0.2) is 0 Å². The summed E-state index contributed by atoms with van der Waals surface area (Å²) in [7, 11) is 0.732. The SMILES string of the molecule is CC1=CC=C(C2=NC(c3ccc(C)cc3)PC=C2)CC=C1. The van der Waals surface area contributed by atoms with Crippen molar-refractivity contribution in [3.8, 4) is 0 Å². The molecule has 0 radical (unpaired) electrons. The maximum absolute atomic E-state index is 4.98. The van der Waals surface area contributed by atoms with E-state index in [1.165, 1.54) is 22.3 Å². The Labute approximate surface area is 128 Å². The first-order valence-electron chi connectivity index (χ1n) is 7.34. The van der Waals surface area contributed by atoms with Gasteiger partial charge < -0.3 is 0 Å². The zero-order chi connectivity index (χ0) is 14.7. The molecule has 1 heterocycles. The van der Waals surface area contributed by atoms with Gasteiger partial charge >= 0.3 is 0 Å². The van der Waals surface area contributed by atoms with Crippen LogP contribution in [0.15, 0.2) is 76.6 Å². The maximum Gasteiger partial charge on any atom is 0.0954 e. The quantitative estimate of drug-likeness (QED) is 0.641. The van der Waals surface area contributed by atoms with E-state index in [9.17, 15) is 0 Å². The molecule has 2 atom stereocenters. The molecule has 3 rings (SSSR count). The van der Waals surface area contributed by atoms with E-state index in [1.807, 2.05) is 0 Å². The third-order valence-electron chi connectivity index (χ3n) is 3.75. The number of aryl methyl sites for hydroxylation is 1. The van der Waals surface area contributed by atoms with Gasteiger partial charge in [0.05, 0.1) is 11.5 Å². The second kappa shape index (κ2) is 6.37. The minimum atomic E-state index is 0.281. The number of hydrogen-bond acceptors (Lipinski definition) is 1. The van der Waals surface area contributed by atoms with E-state index >= 15 is 0 Å². The molecule has 106 valence electrons. The summed E-state index contributed by atoms with van der Waals surface area (Å²) in [6, 6.07) is 8.76. The number of hydrogen-bond donors (Lipinski definition) is 0. The molecule has 0 fully saturated rings. The standard InChI is InChI=1S/C19H20NP/c1-14-4-3-5-16(9-6-14)18-12-13-21-19(20-18)17-10-7-15(2)8-11-17/h3-4,6-13,19,21H,5H2,1-2H3. The summed E-state index contributed by atoms with van der Waals surface area (Å²) in [6.45, 7) is 4.25. The lowest BCUT2D eigenvalue weighted by atomic mass is 10.1. The molecule has 21 heavy (non-hydrogen) atoms. The van der Waals surface area contributed by atoms with E-state index in [0.29, 0.717) is 0 Å². The van der Waals surface area contributed by atoms with Crippen molar-refractivity contribution in [3.63, 3.8) is 0 Å². The summed E-state index contributed by atoms with van der Waals surface area (Å²) in [5.74, 6) is 2.56. The summed E-state index contributed by atoms with van der Waals surface area (Å²) in [5, 5.41) is 0. The fourth-order valence-corrected chi connectivity index (χ4v) is 3.50. The first-order chi connectivity index (χ1) is 10.2. The molecule has 2 heteroatoms. The van der Waals surface area contributed by atoms with E-state index in [-0.39, 0.29) is 5.78 Å². The van der Waals surface area contributed by atoms with Crippen molar-refractivity contribution in [1.29, 1.82) is 0 Å². The lowest BCUT2D eigenvalue weighted by Crippen LogP contribution is -2.04. The Morgan fingerprint density at radius 1 is 1.05 bits per heavy atom. The number of nitrogens with zero attached hydrogens (tertiary/aromatic N) is 1. The van der Waals surface area contributed by atoms with Gasteiger partial charge in [-0.2, -0.15) is 0 Å². The Morgan fingerprint density at radius 2 is 1.86 bits per heavy atom. The van der Waals surface area contributed by atoms with Crippen molar-refractivity contribution in [2.24, 2.45) is 4.99 Å². The highest BCUT2D eigenvalue weighted by Gasteiger charge is 2.15. The van der Waals surface area contributed by atoms with Gasteiger partial charge in [0.15, 0.2) is 0 Å². The van der Waals surface area contributed by atoms with E-state index < -0.39 is 0 Å².